The summed E-state index contributed by atoms with van der Waals surface area (Å²) in [6.45, 7) is 0. The van der Waals surface area contributed by atoms with Crippen LogP contribution in [0.3, 0.4) is 0 Å². The predicted octanol–water partition coefficient (Wildman–Crippen LogP) is -2.10. The Kier molecular flexibility index (Phi) is 4.22. The van der Waals surface area contributed by atoms with E-state index < -0.39 is 43.7 Å². The van der Waals surface area contributed by atoms with Crippen LogP contribution in [-0.4, -0.2) is 68.8 Å². The minimum absolute atomic E-state index is 0.0346. The summed E-state index contributed by atoms with van der Waals surface area (Å²) in [6, 6.07) is 0. The van der Waals surface area contributed by atoms with Crippen molar-refractivity contribution in [2.75, 3.05) is 0 Å². The molecular formula is C10H13N4O8PS. The fraction of sp³-hybridized carbons (Fsp3) is 0.500. The molecule has 5 atom stereocenters. The predicted molar refractivity (Wildman–Crippen MR) is 79.5 cm³/mol. The number of ether oxygens (including phenoxy) is 1. The standard InChI is InChI=1S/C10H13N4O8PS/c15-3-4(16)8(22-5(3)9(17)23(19,20)21)14-1-11-2-6(14)12-10(18)13-7(2)24/h1,3-5,8-9,15-17H,(H2,19,20,21)(H2,12,13,18,24)/t3?,4?,5-,8+,9?/m0/s1. The Bertz CT molecular complexity index is 933. The van der Waals surface area contributed by atoms with E-state index >= 15 is 0 Å². The van der Waals surface area contributed by atoms with Gasteiger partial charge in [0.1, 0.15) is 34.1 Å². The maximum Gasteiger partial charge on any atom is 0.356 e. The van der Waals surface area contributed by atoms with Crippen molar-refractivity contribution >= 4 is 31.0 Å². The number of H-pyrrole nitrogens is 2. The highest BCUT2D eigenvalue weighted by molar-refractivity contribution is 7.71. The second-order valence-electron chi connectivity index (χ2n) is 5.23. The van der Waals surface area contributed by atoms with E-state index in [-0.39, 0.29) is 15.8 Å². The van der Waals surface area contributed by atoms with Crippen molar-refractivity contribution in [1.29, 1.82) is 0 Å². The van der Waals surface area contributed by atoms with Gasteiger partial charge in [-0.25, -0.2) is 9.78 Å². The zero-order valence-corrected chi connectivity index (χ0v) is 13.4. The molecule has 132 valence electrons. The van der Waals surface area contributed by atoms with Crippen LogP contribution in [0.25, 0.3) is 11.2 Å². The van der Waals surface area contributed by atoms with Crippen LogP contribution in [0.2, 0.25) is 0 Å². The average Bonchev–Trinajstić information content (AvgIpc) is 3.00. The molecule has 1 aliphatic heterocycles. The normalized spacial score (nSPS) is 29.2. The minimum atomic E-state index is -4.98. The number of fused-ring (bicyclic) bond motifs is 1. The zero-order valence-electron chi connectivity index (χ0n) is 11.7. The van der Waals surface area contributed by atoms with Gasteiger partial charge in [-0.1, -0.05) is 12.2 Å². The molecular weight excluding hydrogens is 367 g/mol. The van der Waals surface area contributed by atoms with Crippen molar-refractivity contribution in [2.45, 2.75) is 30.4 Å². The molecule has 3 unspecified atom stereocenters. The smallest absolute Gasteiger partial charge is 0.356 e. The molecule has 0 aliphatic carbocycles. The largest absolute Gasteiger partial charge is 0.387 e. The van der Waals surface area contributed by atoms with Crippen LogP contribution in [0.5, 0.6) is 0 Å². The number of aliphatic hydroxyl groups is 3. The van der Waals surface area contributed by atoms with Crippen LogP contribution >= 0.6 is 19.8 Å². The van der Waals surface area contributed by atoms with Crippen LogP contribution in [0.15, 0.2) is 11.1 Å². The number of nitrogens with one attached hydrogen (secondary N) is 2. The van der Waals surface area contributed by atoms with E-state index in [4.69, 9.17) is 26.7 Å². The first-order valence-electron chi connectivity index (χ1n) is 6.55. The quantitative estimate of drug-likeness (QED) is 0.229. The first-order chi connectivity index (χ1) is 11.1. The lowest BCUT2D eigenvalue weighted by atomic mass is 10.1. The van der Waals surface area contributed by atoms with E-state index in [0.29, 0.717) is 0 Å². The Morgan fingerprint density at radius 2 is 2.00 bits per heavy atom. The molecule has 2 aromatic heterocycles. The van der Waals surface area contributed by atoms with Gasteiger partial charge in [0, 0.05) is 0 Å². The molecule has 0 bridgehead atoms. The molecule has 0 amide bonds. The van der Waals surface area contributed by atoms with Crippen molar-refractivity contribution in [3.63, 3.8) is 0 Å². The van der Waals surface area contributed by atoms with Crippen molar-refractivity contribution in [1.82, 2.24) is 19.5 Å². The van der Waals surface area contributed by atoms with Gasteiger partial charge < -0.3 is 29.8 Å². The highest BCUT2D eigenvalue weighted by Gasteiger charge is 2.51. The van der Waals surface area contributed by atoms with E-state index in [0.717, 1.165) is 10.9 Å². The highest BCUT2D eigenvalue weighted by Crippen LogP contribution is 2.46. The second-order valence-corrected chi connectivity index (χ2v) is 7.35. The third-order valence-corrected chi connectivity index (χ3v) is 4.93. The summed E-state index contributed by atoms with van der Waals surface area (Å²) in [7, 11) is -4.98. The number of aromatic amines is 2. The molecule has 14 heteroatoms. The van der Waals surface area contributed by atoms with Gasteiger partial charge in [-0.3, -0.25) is 19.1 Å². The van der Waals surface area contributed by atoms with Gasteiger partial charge in [0.15, 0.2) is 12.1 Å². The highest BCUT2D eigenvalue weighted by atomic mass is 32.1. The first kappa shape index (κ1) is 17.4. The van der Waals surface area contributed by atoms with Crippen LogP contribution in [0, 0.1) is 4.64 Å². The van der Waals surface area contributed by atoms with Gasteiger partial charge in [0.25, 0.3) is 0 Å². The zero-order chi connectivity index (χ0) is 17.8. The van der Waals surface area contributed by atoms with Gasteiger partial charge >= 0.3 is 13.3 Å². The lowest BCUT2D eigenvalue weighted by Gasteiger charge is -2.21. The number of nitrogens with zero attached hydrogens (tertiary/aromatic N) is 2. The summed E-state index contributed by atoms with van der Waals surface area (Å²) < 4.78 is 17.5. The molecule has 7 N–H and O–H groups in total. The summed E-state index contributed by atoms with van der Waals surface area (Å²) in [6.07, 6.45) is -5.36. The van der Waals surface area contributed by atoms with E-state index in [1.54, 1.807) is 0 Å². The Morgan fingerprint density at radius 1 is 1.33 bits per heavy atom. The number of rotatable bonds is 3. The van der Waals surface area contributed by atoms with Crippen LogP contribution in [0.1, 0.15) is 6.23 Å². The molecule has 0 saturated carbocycles. The summed E-state index contributed by atoms with van der Waals surface area (Å²) >= 11 is 4.95. The minimum Gasteiger partial charge on any atom is -0.387 e. The Labute approximate surface area is 137 Å². The summed E-state index contributed by atoms with van der Waals surface area (Å²) in [5, 5.41) is 29.7. The van der Waals surface area contributed by atoms with Crippen molar-refractivity contribution in [2.24, 2.45) is 0 Å². The monoisotopic (exact) mass is 380 g/mol. The maximum absolute atomic E-state index is 11.5. The molecule has 1 saturated heterocycles. The Balaban J connectivity index is 2.04. The van der Waals surface area contributed by atoms with Crippen molar-refractivity contribution < 1.29 is 34.4 Å². The number of hydrogen-bond donors (Lipinski definition) is 7. The Hall–Kier alpha value is -1.44. The molecule has 0 spiro atoms. The SMILES string of the molecule is O=c1[nH]c(=S)c2ncn([C@@H]3O[C@H](C(O)P(=O)(O)O)C(O)C3O)c2[nH]1. The number of imidazole rings is 1. The van der Waals surface area contributed by atoms with Gasteiger partial charge in [-0.2, -0.15) is 0 Å². The van der Waals surface area contributed by atoms with Gasteiger partial charge in [-0.15, -0.1) is 0 Å². The van der Waals surface area contributed by atoms with Crippen LogP contribution < -0.4 is 5.69 Å². The van der Waals surface area contributed by atoms with Crippen molar-refractivity contribution in [3.8, 4) is 0 Å². The molecule has 1 aliphatic rings. The first-order valence-corrected chi connectivity index (χ1v) is 8.64. The fourth-order valence-corrected chi connectivity index (χ4v) is 3.37. The maximum atomic E-state index is 11.5. The Morgan fingerprint density at radius 3 is 2.62 bits per heavy atom. The third kappa shape index (κ3) is 2.74. The molecule has 3 heterocycles. The van der Waals surface area contributed by atoms with E-state index in [9.17, 15) is 24.7 Å². The number of aromatic nitrogens is 4. The molecule has 2 aromatic rings. The van der Waals surface area contributed by atoms with Crippen molar-refractivity contribution in [3.05, 3.63) is 21.5 Å². The fourth-order valence-electron chi connectivity index (χ4n) is 2.50. The van der Waals surface area contributed by atoms with Crippen LogP contribution in [0.4, 0.5) is 0 Å². The molecule has 12 nitrogen and oxygen atoms in total. The summed E-state index contributed by atoms with van der Waals surface area (Å²) in [5.41, 5.74) is -0.380. The molecule has 0 radical (unpaired) electrons. The van der Waals surface area contributed by atoms with Crippen LogP contribution in [-0.2, 0) is 9.30 Å². The van der Waals surface area contributed by atoms with Gasteiger partial charge in [0.05, 0.1) is 6.33 Å². The van der Waals surface area contributed by atoms with E-state index in [1.807, 2.05) is 0 Å². The number of hydrogen-bond acceptors (Lipinski definition) is 8. The molecule has 24 heavy (non-hydrogen) atoms. The third-order valence-electron chi connectivity index (χ3n) is 3.66. The van der Waals surface area contributed by atoms with Gasteiger partial charge in [0.2, 0.25) is 0 Å². The molecule has 3 rings (SSSR count). The lowest BCUT2D eigenvalue weighted by Crippen LogP contribution is -2.38. The lowest BCUT2D eigenvalue weighted by molar-refractivity contribution is -0.0664. The molecule has 0 aromatic carbocycles. The second kappa shape index (κ2) is 5.82. The van der Waals surface area contributed by atoms with E-state index in [1.165, 1.54) is 0 Å². The van der Waals surface area contributed by atoms with Gasteiger partial charge in [-0.05, 0) is 0 Å². The van der Waals surface area contributed by atoms with E-state index in [2.05, 4.69) is 15.0 Å². The summed E-state index contributed by atoms with van der Waals surface area (Å²) in [5.74, 6) is -2.33. The topological polar surface area (TPSA) is 194 Å². The molecule has 1 fully saturated rings. The number of aliphatic hydroxyl groups excluding tert-OH is 3. The summed E-state index contributed by atoms with van der Waals surface area (Å²) in [4.78, 5) is 38.2. The average molecular weight is 380 g/mol.